The Balaban J connectivity index is 1.87. The molecule has 0 spiro atoms. The van der Waals surface area contributed by atoms with Crippen molar-refractivity contribution in [3.05, 3.63) is 12.1 Å². The summed E-state index contributed by atoms with van der Waals surface area (Å²) in [7, 11) is 1.68. The fraction of sp³-hybridized carbons (Fsp3) is 0.667. The molecule has 2 aromatic rings. The number of hydrogen-bond acceptors (Lipinski definition) is 7. The molecule has 0 bridgehead atoms. The summed E-state index contributed by atoms with van der Waals surface area (Å²) in [5.41, 5.74) is 0.383. The van der Waals surface area contributed by atoms with Gasteiger partial charge in [-0.25, -0.2) is 0 Å². The molecule has 0 aliphatic carbocycles. The molecule has 0 amide bonds. The molecule has 1 saturated heterocycles. The van der Waals surface area contributed by atoms with Gasteiger partial charge in [0.1, 0.15) is 0 Å². The Bertz CT molecular complexity index is 598. The highest BCUT2D eigenvalue weighted by atomic mass is 16.5. The number of hydrogen-bond donors (Lipinski definition) is 0. The minimum absolute atomic E-state index is 0.0233. The molecule has 20 heavy (non-hydrogen) atoms. The molecule has 2 aromatic heterocycles. The largest absolute Gasteiger partial charge is 0.382 e. The monoisotopic (exact) mass is 278 g/mol. The second kappa shape index (κ2) is 4.95. The van der Waals surface area contributed by atoms with Crippen LogP contribution in [0.3, 0.4) is 0 Å². The average molecular weight is 278 g/mol. The van der Waals surface area contributed by atoms with E-state index < -0.39 is 0 Å². The first-order chi connectivity index (χ1) is 9.57. The van der Waals surface area contributed by atoms with Crippen molar-refractivity contribution in [2.45, 2.75) is 25.6 Å². The Labute approximate surface area is 116 Å². The van der Waals surface area contributed by atoms with E-state index in [0.717, 1.165) is 18.9 Å². The van der Waals surface area contributed by atoms with Crippen molar-refractivity contribution < 1.29 is 9.47 Å². The highest BCUT2D eigenvalue weighted by Gasteiger charge is 2.34. The predicted octanol–water partition coefficient (Wildman–Crippen LogP) is 0.149. The van der Waals surface area contributed by atoms with Gasteiger partial charge in [0.2, 0.25) is 0 Å². The summed E-state index contributed by atoms with van der Waals surface area (Å²) >= 11 is 0. The third-order valence-electron chi connectivity index (χ3n) is 3.21. The molecule has 0 saturated carbocycles. The second-order valence-electron chi connectivity index (χ2n) is 5.55. The first-order valence-corrected chi connectivity index (χ1v) is 6.54. The highest BCUT2D eigenvalue weighted by Crippen LogP contribution is 2.24. The Hall–Kier alpha value is -1.80. The van der Waals surface area contributed by atoms with Crippen molar-refractivity contribution in [3.8, 4) is 0 Å². The number of methoxy groups -OCH3 is 1. The minimum atomic E-state index is -0.251. The van der Waals surface area contributed by atoms with Gasteiger partial charge in [-0.15, -0.1) is 14.8 Å². The van der Waals surface area contributed by atoms with Crippen molar-refractivity contribution >= 4 is 11.5 Å². The molecular weight excluding hydrogens is 260 g/mol. The van der Waals surface area contributed by atoms with Crippen LogP contribution in [0, 0.1) is 0 Å². The number of morpholine rings is 1. The smallest absolute Gasteiger partial charge is 0.200 e. The summed E-state index contributed by atoms with van der Waals surface area (Å²) in [5, 5.41) is 15.7. The Morgan fingerprint density at radius 2 is 2.30 bits per heavy atom. The fourth-order valence-corrected chi connectivity index (χ4v) is 2.55. The Morgan fingerprint density at radius 1 is 1.45 bits per heavy atom. The van der Waals surface area contributed by atoms with E-state index in [9.17, 15) is 0 Å². The molecule has 1 atom stereocenters. The molecule has 8 nitrogen and oxygen atoms in total. The number of rotatable bonds is 3. The Morgan fingerprint density at radius 3 is 3.10 bits per heavy atom. The molecular formula is C12H18N6O2. The molecule has 0 radical (unpaired) electrons. The van der Waals surface area contributed by atoms with E-state index in [1.54, 1.807) is 7.11 Å². The van der Waals surface area contributed by atoms with Crippen LogP contribution in [0.15, 0.2) is 12.1 Å². The third-order valence-corrected chi connectivity index (χ3v) is 3.21. The van der Waals surface area contributed by atoms with Gasteiger partial charge in [-0.1, -0.05) is 0 Å². The first kappa shape index (κ1) is 13.2. The summed E-state index contributed by atoms with van der Waals surface area (Å²) < 4.78 is 12.6. The standard InChI is InChI=1S/C12H18N6O2/c1-12(2)8-17(6-9(20-12)7-19-3)11-5-4-10-13-15-16-18(10)14-11/h4-5,9H,6-8H2,1-3H3/t9-/m0/s1. The number of ether oxygens (including phenoxy) is 2. The molecule has 1 fully saturated rings. The van der Waals surface area contributed by atoms with E-state index in [1.165, 1.54) is 4.63 Å². The molecule has 0 aromatic carbocycles. The molecule has 0 N–H and O–H groups in total. The zero-order valence-corrected chi connectivity index (χ0v) is 11.9. The zero-order valence-electron chi connectivity index (χ0n) is 11.9. The number of fused-ring (bicyclic) bond motifs is 1. The van der Waals surface area contributed by atoms with Gasteiger partial charge in [-0.05, 0) is 36.4 Å². The van der Waals surface area contributed by atoms with Crippen LogP contribution in [-0.2, 0) is 9.47 Å². The van der Waals surface area contributed by atoms with Crippen LogP contribution in [0.25, 0.3) is 5.65 Å². The van der Waals surface area contributed by atoms with Gasteiger partial charge >= 0.3 is 0 Å². The number of anilines is 1. The lowest BCUT2D eigenvalue weighted by atomic mass is 10.1. The highest BCUT2D eigenvalue weighted by molar-refractivity contribution is 5.45. The maximum absolute atomic E-state index is 6.00. The van der Waals surface area contributed by atoms with E-state index in [2.05, 4.69) is 39.4 Å². The first-order valence-electron chi connectivity index (χ1n) is 6.54. The molecule has 108 valence electrons. The van der Waals surface area contributed by atoms with Crippen LogP contribution in [0.5, 0.6) is 0 Å². The Kier molecular flexibility index (Phi) is 3.27. The van der Waals surface area contributed by atoms with E-state index in [4.69, 9.17) is 9.47 Å². The maximum Gasteiger partial charge on any atom is 0.200 e. The van der Waals surface area contributed by atoms with Crippen molar-refractivity contribution in [2.75, 3.05) is 31.7 Å². The van der Waals surface area contributed by atoms with Gasteiger partial charge in [-0.2, -0.15) is 0 Å². The zero-order chi connectivity index (χ0) is 14.2. The quantitative estimate of drug-likeness (QED) is 0.790. The van der Waals surface area contributed by atoms with Crippen LogP contribution in [0.1, 0.15) is 13.8 Å². The lowest BCUT2D eigenvalue weighted by Gasteiger charge is -2.43. The van der Waals surface area contributed by atoms with Crippen molar-refractivity contribution in [3.63, 3.8) is 0 Å². The average Bonchev–Trinajstić information content (AvgIpc) is 2.84. The molecule has 8 heteroatoms. The van der Waals surface area contributed by atoms with Gasteiger partial charge in [0, 0.05) is 20.2 Å². The molecule has 3 rings (SSSR count). The normalized spacial score (nSPS) is 22.4. The van der Waals surface area contributed by atoms with Gasteiger partial charge in [0.15, 0.2) is 11.5 Å². The summed E-state index contributed by atoms with van der Waals surface area (Å²) in [6.45, 7) is 6.19. The maximum atomic E-state index is 6.00. The van der Waals surface area contributed by atoms with Gasteiger partial charge < -0.3 is 14.4 Å². The molecule has 1 aliphatic rings. The van der Waals surface area contributed by atoms with Crippen LogP contribution in [0.4, 0.5) is 5.82 Å². The van der Waals surface area contributed by atoms with Crippen LogP contribution in [-0.4, -0.2) is 63.8 Å². The van der Waals surface area contributed by atoms with E-state index in [-0.39, 0.29) is 11.7 Å². The van der Waals surface area contributed by atoms with Crippen molar-refractivity contribution in [1.29, 1.82) is 0 Å². The van der Waals surface area contributed by atoms with E-state index in [1.807, 2.05) is 12.1 Å². The summed E-state index contributed by atoms with van der Waals surface area (Å²) in [5.74, 6) is 0.835. The second-order valence-corrected chi connectivity index (χ2v) is 5.55. The van der Waals surface area contributed by atoms with E-state index in [0.29, 0.717) is 12.3 Å². The van der Waals surface area contributed by atoms with Crippen LogP contribution >= 0.6 is 0 Å². The minimum Gasteiger partial charge on any atom is -0.382 e. The molecule has 1 aliphatic heterocycles. The summed E-state index contributed by atoms with van der Waals surface area (Å²) in [6.07, 6.45) is 0.0233. The van der Waals surface area contributed by atoms with E-state index >= 15 is 0 Å². The number of aromatic nitrogens is 5. The van der Waals surface area contributed by atoms with Crippen LogP contribution in [0.2, 0.25) is 0 Å². The fourth-order valence-electron chi connectivity index (χ4n) is 2.55. The summed E-state index contributed by atoms with van der Waals surface area (Å²) in [4.78, 5) is 2.17. The number of tetrazole rings is 1. The lowest BCUT2D eigenvalue weighted by Crippen LogP contribution is -2.54. The lowest BCUT2D eigenvalue weighted by molar-refractivity contribution is -0.106. The predicted molar refractivity (Wildman–Crippen MR) is 71.6 cm³/mol. The SMILES string of the molecule is COC[C@@H]1CN(c2ccc3nnnn3n2)CC(C)(C)O1. The third kappa shape index (κ3) is 2.56. The van der Waals surface area contributed by atoms with Gasteiger partial charge in [0.25, 0.3) is 0 Å². The van der Waals surface area contributed by atoms with Crippen LogP contribution < -0.4 is 4.90 Å². The van der Waals surface area contributed by atoms with Crippen molar-refractivity contribution in [1.82, 2.24) is 25.3 Å². The molecule has 3 heterocycles. The summed E-state index contributed by atoms with van der Waals surface area (Å²) in [6, 6.07) is 3.78. The van der Waals surface area contributed by atoms with Crippen molar-refractivity contribution in [2.24, 2.45) is 0 Å². The topological polar surface area (TPSA) is 77.7 Å². The molecule has 0 unspecified atom stereocenters. The van der Waals surface area contributed by atoms with Gasteiger partial charge in [-0.3, -0.25) is 0 Å². The number of nitrogens with zero attached hydrogens (tertiary/aromatic N) is 6. The van der Waals surface area contributed by atoms with Gasteiger partial charge in [0.05, 0.1) is 18.3 Å².